The monoisotopic (exact) mass is 349 g/mol. The van der Waals surface area contributed by atoms with Gasteiger partial charge < -0.3 is 4.98 Å². The maximum atomic E-state index is 6.31. The number of imidazole rings is 1. The number of H-pyrrole nitrogens is 2. The van der Waals surface area contributed by atoms with Crippen molar-refractivity contribution in [1.29, 1.82) is 0 Å². The van der Waals surface area contributed by atoms with E-state index in [1.807, 2.05) is 6.20 Å². The molecule has 0 unspecified atom stereocenters. The van der Waals surface area contributed by atoms with Crippen molar-refractivity contribution in [3.05, 3.63) is 34.1 Å². The smallest absolute Gasteiger partial charge is 0.151 e. The zero-order valence-corrected chi connectivity index (χ0v) is 15.5. The molecule has 1 saturated heterocycles. The molecule has 0 amide bonds. The van der Waals surface area contributed by atoms with Crippen molar-refractivity contribution >= 4 is 11.6 Å². The highest BCUT2D eigenvalue weighted by molar-refractivity contribution is 6.30. The van der Waals surface area contributed by atoms with Gasteiger partial charge in [-0.2, -0.15) is 5.10 Å². The van der Waals surface area contributed by atoms with Crippen LogP contribution in [0.15, 0.2) is 6.20 Å². The average Bonchev–Trinajstić information content (AvgIpc) is 3.20. The van der Waals surface area contributed by atoms with E-state index in [2.05, 4.69) is 38.9 Å². The molecule has 24 heavy (non-hydrogen) atoms. The van der Waals surface area contributed by atoms with Gasteiger partial charge in [0.05, 0.1) is 11.9 Å². The summed E-state index contributed by atoms with van der Waals surface area (Å²) in [6.45, 7) is 7.44. The fraction of sp³-hybridized carbons (Fsp3) is 0.667. The summed E-state index contributed by atoms with van der Waals surface area (Å²) in [5.74, 6) is 1.63. The van der Waals surface area contributed by atoms with Gasteiger partial charge in [-0.3, -0.25) is 10.00 Å². The molecule has 2 aromatic rings. The molecule has 2 N–H and O–H groups in total. The van der Waals surface area contributed by atoms with Crippen molar-refractivity contribution < 1.29 is 0 Å². The number of unbranched alkanes of at least 4 members (excludes halogenated alkanes) is 1. The number of hydrogen-bond donors (Lipinski definition) is 2. The van der Waals surface area contributed by atoms with Crippen LogP contribution in [0.1, 0.15) is 68.2 Å². The summed E-state index contributed by atoms with van der Waals surface area (Å²) in [4.78, 5) is 10.4. The highest BCUT2D eigenvalue weighted by Crippen LogP contribution is 2.30. The minimum absolute atomic E-state index is 0.607. The molecule has 132 valence electrons. The zero-order valence-electron chi connectivity index (χ0n) is 14.7. The van der Waals surface area contributed by atoms with Crippen molar-refractivity contribution in [2.75, 3.05) is 13.1 Å². The third-order valence-corrected chi connectivity index (χ3v) is 5.37. The summed E-state index contributed by atoms with van der Waals surface area (Å²) < 4.78 is 0. The van der Waals surface area contributed by atoms with E-state index in [-0.39, 0.29) is 0 Å². The molecular formula is C18H28ClN5. The van der Waals surface area contributed by atoms with E-state index >= 15 is 0 Å². The van der Waals surface area contributed by atoms with Gasteiger partial charge in [-0.05, 0) is 44.3 Å². The molecule has 3 heterocycles. The first-order valence-corrected chi connectivity index (χ1v) is 9.56. The second kappa shape index (κ2) is 8.17. The molecule has 0 spiro atoms. The highest BCUT2D eigenvalue weighted by Gasteiger charge is 2.24. The maximum absolute atomic E-state index is 6.31. The molecule has 1 aliphatic rings. The molecule has 0 radical (unpaired) electrons. The summed E-state index contributed by atoms with van der Waals surface area (Å²) >= 11 is 6.31. The van der Waals surface area contributed by atoms with Crippen LogP contribution in [0.5, 0.6) is 0 Å². The average molecular weight is 350 g/mol. The number of aryl methyl sites for hydroxylation is 2. The van der Waals surface area contributed by atoms with E-state index in [1.54, 1.807) is 0 Å². The third-order valence-electron chi connectivity index (χ3n) is 5.05. The fourth-order valence-electron chi connectivity index (χ4n) is 3.57. The minimum Gasteiger partial charge on any atom is -0.344 e. The summed E-state index contributed by atoms with van der Waals surface area (Å²) in [6, 6.07) is 0. The predicted molar refractivity (Wildman–Crippen MR) is 97.4 cm³/mol. The predicted octanol–water partition coefficient (Wildman–Crippen LogP) is 4.07. The van der Waals surface area contributed by atoms with Crippen LogP contribution in [-0.4, -0.2) is 38.2 Å². The molecule has 2 aromatic heterocycles. The lowest BCUT2D eigenvalue weighted by Crippen LogP contribution is -2.33. The van der Waals surface area contributed by atoms with Gasteiger partial charge in [0.2, 0.25) is 0 Å². The Hall–Kier alpha value is -1.33. The van der Waals surface area contributed by atoms with Gasteiger partial charge in [0.1, 0.15) is 5.82 Å². The Balaban J connectivity index is 1.55. The molecule has 0 saturated carbocycles. The van der Waals surface area contributed by atoms with E-state index < -0.39 is 0 Å². The Labute approximate surface area is 149 Å². The zero-order chi connectivity index (χ0) is 16.9. The van der Waals surface area contributed by atoms with Crippen LogP contribution in [0.3, 0.4) is 0 Å². The van der Waals surface area contributed by atoms with Crippen LogP contribution in [0.25, 0.3) is 0 Å². The molecular weight excluding hydrogens is 322 g/mol. The van der Waals surface area contributed by atoms with Gasteiger partial charge in [0, 0.05) is 24.6 Å². The Kier molecular flexibility index (Phi) is 5.95. The Morgan fingerprint density at radius 1 is 1.29 bits per heavy atom. The number of nitrogens with one attached hydrogen (secondary N) is 2. The highest BCUT2D eigenvalue weighted by atomic mass is 35.5. The molecule has 6 heteroatoms. The van der Waals surface area contributed by atoms with Gasteiger partial charge >= 0.3 is 0 Å². The van der Waals surface area contributed by atoms with Gasteiger partial charge in [-0.1, -0.05) is 31.9 Å². The normalized spacial score (nSPS) is 16.8. The van der Waals surface area contributed by atoms with Crippen molar-refractivity contribution in [2.24, 2.45) is 0 Å². The molecule has 5 nitrogen and oxygen atoms in total. The van der Waals surface area contributed by atoms with E-state index in [4.69, 9.17) is 11.6 Å². The molecule has 1 aliphatic heterocycles. The quantitative estimate of drug-likeness (QED) is 0.792. The summed E-state index contributed by atoms with van der Waals surface area (Å²) in [5.41, 5.74) is 3.78. The molecule has 0 aliphatic carbocycles. The largest absolute Gasteiger partial charge is 0.344 e. The van der Waals surface area contributed by atoms with Gasteiger partial charge in [0.25, 0.3) is 0 Å². The van der Waals surface area contributed by atoms with Crippen molar-refractivity contribution in [3.8, 4) is 0 Å². The first-order valence-electron chi connectivity index (χ1n) is 9.19. The number of hydrogen-bond acceptors (Lipinski definition) is 3. The van der Waals surface area contributed by atoms with Crippen molar-refractivity contribution in [1.82, 2.24) is 25.1 Å². The second-order valence-corrected chi connectivity index (χ2v) is 7.13. The molecule has 0 atom stereocenters. The van der Waals surface area contributed by atoms with E-state index in [0.29, 0.717) is 11.1 Å². The SMILES string of the molecule is CCCCc1nc(Cl)c(CN2CCC(c3[nH]ncc3CC)CC2)[nH]1. The van der Waals surface area contributed by atoms with Crippen LogP contribution in [0.4, 0.5) is 0 Å². The second-order valence-electron chi connectivity index (χ2n) is 6.77. The van der Waals surface area contributed by atoms with Crippen molar-refractivity contribution in [2.45, 2.75) is 64.8 Å². The van der Waals surface area contributed by atoms with E-state index in [1.165, 1.54) is 30.5 Å². The fourth-order valence-corrected chi connectivity index (χ4v) is 3.78. The summed E-state index contributed by atoms with van der Waals surface area (Å²) in [6.07, 6.45) is 8.68. The Morgan fingerprint density at radius 2 is 2.08 bits per heavy atom. The Bertz CT molecular complexity index is 640. The first kappa shape index (κ1) is 17.5. The van der Waals surface area contributed by atoms with E-state index in [0.717, 1.165) is 50.4 Å². The van der Waals surface area contributed by atoms with Gasteiger partial charge in [-0.15, -0.1) is 0 Å². The Morgan fingerprint density at radius 3 is 2.79 bits per heavy atom. The van der Waals surface area contributed by atoms with E-state index in [9.17, 15) is 0 Å². The van der Waals surface area contributed by atoms with Crippen LogP contribution >= 0.6 is 11.6 Å². The maximum Gasteiger partial charge on any atom is 0.151 e. The van der Waals surface area contributed by atoms with Crippen LogP contribution in [0, 0.1) is 0 Å². The molecule has 1 fully saturated rings. The van der Waals surface area contributed by atoms with Gasteiger partial charge in [0.15, 0.2) is 5.15 Å². The number of halogens is 1. The molecule has 3 rings (SSSR count). The minimum atomic E-state index is 0.607. The number of aromatic amines is 2. The molecule has 0 aromatic carbocycles. The number of rotatable bonds is 7. The van der Waals surface area contributed by atoms with Crippen LogP contribution in [-0.2, 0) is 19.4 Å². The standard InChI is InChI=1S/C18H28ClN5/c1-3-5-6-16-21-15(18(19)22-16)12-24-9-7-14(8-10-24)17-13(4-2)11-20-23-17/h11,14H,3-10,12H2,1-2H3,(H,20,23)(H,21,22). The molecule has 0 bridgehead atoms. The van der Waals surface area contributed by atoms with Gasteiger partial charge in [-0.25, -0.2) is 4.98 Å². The number of piperidine rings is 1. The lowest BCUT2D eigenvalue weighted by molar-refractivity contribution is 0.201. The van der Waals surface area contributed by atoms with Crippen LogP contribution in [0.2, 0.25) is 5.15 Å². The topological polar surface area (TPSA) is 60.6 Å². The first-order chi connectivity index (χ1) is 11.7. The number of aromatic nitrogens is 4. The summed E-state index contributed by atoms with van der Waals surface area (Å²) in [7, 11) is 0. The van der Waals surface area contributed by atoms with Crippen LogP contribution < -0.4 is 0 Å². The van der Waals surface area contributed by atoms with Crippen molar-refractivity contribution in [3.63, 3.8) is 0 Å². The lowest BCUT2D eigenvalue weighted by atomic mass is 9.91. The number of nitrogens with zero attached hydrogens (tertiary/aromatic N) is 3. The lowest BCUT2D eigenvalue weighted by Gasteiger charge is -2.31. The number of likely N-dealkylation sites (tertiary alicyclic amines) is 1. The third kappa shape index (κ3) is 4.01. The summed E-state index contributed by atoms with van der Waals surface area (Å²) in [5, 5.41) is 8.09.